The van der Waals surface area contributed by atoms with Gasteiger partial charge in [0.2, 0.25) is 0 Å². The Labute approximate surface area is 63.0 Å². The van der Waals surface area contributed by atoms with Gasteiger partial charge in [-0.05, 0) is 48.9 Å². The summed E-state index contributed by atoms with van der Waals surface area (Å²) in [6.07, 6.45) is 6.25. The van der Waals surface area contributed by atoms with Gasteiger partial charge in [-0.1, -0.05) is 13.3 Å². The van der Waals surface area contributed by atoms with Crippen molar-refractivity contribution in [2.75, 3.05) is 0 Å². The summed E-state index contributed by atoms with van der Waals surface area (Å²) in [5.74, 6) is 6.03. The van der Waals surface area contributed by atoms with E-state index in [9.17, 15) is 0 Å². The van der Waals surface area contributed by atoms with Gasteiger partial charge in [0.05, 0.1) is 0 Å². The average molecular weight is 136 g/mol. The maximum Gasteiger partial charge on any atom is -0.0323 e. The highest BCUT2D eigenvalue weighted by Gasteiger charge is 2.62. The van der Waals surface area contributed by atoms with E-state index < -0.39 is 0 Å². The molecule has 0 N–H and O–H groups in total. The van der Waals surface area contributed by atoms with E-state index in [-0.39, 0.29) is 0 Å². The highest BCUT2D eigenvalue weighted by Crippen LogP contribution is 2.69. The predicted molar refractivity (Wildman–Crippen MR) is 41.6 cm³/mol. The molecule has 0 radical (unpaired) electrons. The first-order valence-electron chi connectivity index (χ1n) is 4.92. The summed E-state index contributed by atoms with van der Waals surface area (Å²) < 4.78 is 0. The second-order valence-corrected chi connectivity index (χ2v) is 4.55. The molecule has 0 aromatic rings. The molecule has 0 nitrogen and oxygen atoms in total. The van der Waals surface area contributed by atoms with E-state index in [2.05, 4.69) is 6.92 Å². The van der Waals surface area contributed by atoms with Crippen LogP contribution in [0.15, 0.2) is 0 Å². The Morgan fingerprint density at radius 2 is 2.10 bits per heavy atom. The third-order valence-corrected chi connectivity index (χ3v) is 4.55. The van der Waals surface area contributed by atoms with Crippen molar-refractivity contribution >= 4 is 0 Å². The fraction of sp³-hybridized carbons (Fsp3) is 1.00. The van der Waals surface area contributed by atoms with Crippen molar-refractivity contribution in [1.82, 2.24) is 0 Å². The van der Waals surface area contributed by atoms with Crippen LogP contribution in [0.25, 0.3) is 0 Å². The van der Waals surface area contributed by atoms with E-state index in [4.69, 9.17) is 0 Å². The standard InChI is InChI=1S/C10H16/c1-2-7-8-4-3-6-5-9(7)10(6)8/h6-10H,2-5H2,1H3. The molecule has 0 amide bonds. The molecule has 0 saturated heterocycles. The fourth-order valence-electron chi connectivity index (χ4n) is 4.13. The SMILES string of the molecule is CCC1C2CCC3CC1C32. The van der Waals surface area contributed by atoms with Gasteiger partial charge in [0.1, 0.15) is 0 Å². The smallest absolute Gasteiger partial charge is 0.0323 e. The summed E-state index contributed by atoms with van der Waals surface area (Å²) in [6.45, 7) is 2.38. The van der Waals surface area contributed by atoms with E-state index in [0.717, 1.165) is 0 Å². The van der Waals surface area contributed by atoms with Crippen LogP contribution < -0.4 is 0 Å². The van der Waals surface area contributed by atoms with Crippen molar-refractivity contribution in [3.8, 4) is 0 Å². The molecule has 3 aliphatic carbocycles. The van der Waals surface area contributed by atoms with Gasteiger partial charge in [-0.3, -0.25) is 0 Å². The molecule has 0 aromatic carbocycles. The summed E-state index contributed by atoms with van der Waals surface area (Å²) in [7, 11) is 0. The van der Waals surface area contributed by atoms with Crippen molar-refractivity contribution < 1.29 is 0 Å². The number of rotatable bonds is 1. The molecule has 3 aliphatic rings. The van der Waals surface area contributed by atoms with Gasteiger partial charge in [0.25, 0.3) is 0 Å². The minimum Gasteiger partial charge on any atom is -0.0651 e. The van der Waals surface area contributed by atoms with E-state index in [0.29, 0.717) is 0 Å². The molecule has 10 heavy (non-hydrogen) atoms. The van der Waals surface area contributed by atoms with Crippen LogP contribution in [-0.4, -0.2) is 0 Å². The van der Waals surface area contributed by atoms with Gasteiger partial charge in [-0.25, -0.2) is 0 Å². The Balaban J connectivity index is 1.83. The lowest BCUT2D eigenvalue weighted by Gasteiger charge is -2.59. The maximum absolute atomic E-state index is 2.38. The van der Waals surface area contributed by atoms with Crippen molar-refractivity contribution in [1.29, 1.82) is 0 Å². The Morgan fingerprint density at radius 3 is 2.90 bits per heavy atom. The molecule has 0 aliphatic heterocycles. The molecule has 56 valence electrons. The minimum atomic E-state index is 1.17. The molecular formula is C10H16. The molecular weight excluding hydrogens is 120 g/mol. The first-order valence-corrected chi connectivity index (χ1v) is 4.92. The highest BCUT2D eigenvalue weighted by molar-refractivity contribution is 5.10. The van der Waals surface area contributed by atoms with Gasteiger partial charge < -0.3 is 0 Å². The van der Waals surface area contributed by atoms with Gasteiger partial charge >= 0.3 is 0 Å². The molecule has 3 rings (SSSR count). The predicted octanol–water partition coefficient (Wildman–Crippen LogP) is 2.69. The molecule has 5 atom stereocenters. The van der Waals surface area contributed by atoms with Crippen LogP contribution in [0.5, 0.6) is 0 Å². The third-order valence-electron chi connectivity index (χ3n) is 4.55. The summed E-state index contributed by atoms with van der Waals surface area (Å²) in [4.78, 5) is 0. The molecule has 0 aromatic heterocycles. The second kappa shape index (κ2) is 1.60. The molecule has 0 bridgehead atoms. The van der Waals surface area contributed by atoms with Crippen LogP contribution >= 0.6 is 0 Å². The molecule has 0 spiro atoms. The van der Waals surface area contributed by atoms with Crippen LogP contribution in [-0.2, 0) is 0 Å². The second-order valence-electron chi connectivity index (χ2n) is 4.55. The van der Waals surface area contributed by atoms with E-state index in [1.54, 1.807) is 19.3 Å². The zero-order chi connectivity index (χ0) is 6.72. The van der Waals surface area contributed by atoms with E-state index in [1.807, 2.05) is 0 Å². The van der Waals surface area contributed by atoms with Gasteiger partial charge in [0.15, 0.2) is 0 Å². The zero-order valence-corrected chi connectivity index (χ0v) is 6.72. The third kappa shape index (κ3) is 0.408. The molecule has 0 heteroatoms. The zero-order valence-electron chi connectivity index (χ0n) is 6.72. The Hall–Kier alpha value is 0. The van der Waals surface area contributed by atoms with Crippen LogP contribution in [0.3, 0.4) is 0 Å². The maximum atomic E-state index is 2.38. The summed E-state index contributed by atoms with van der Waals surface area (Å²) in [6, 6.07) is 0. The highest BCUT2D eigenvalue weighted by atomic mass is 14.7. The van der Waals surface area contributed by atoms with E-state index in [1.165, 1.54) is 36.0 Å². The topological polar surface area (TPSA) is 0 Å². The first-order chi connectivity index (χ1) is 4.92. The lowest BCUT2D eigenvalue weighted by atomic mass is 9.46. The number of hydrogen-bond donors (Lipinski definition) is 0. The van der Waals surface area contributed by atoms with Crippen LogP contribution in [0.2, 0.25) is 0 Å². The average Bonchev–Trinajstić information content (AvgIpc) is 2.14. The molecule has 3 fully saturated rings. The van der Waals surface area contributed by atoms with E-state index >= 15 is 0 Å². The monoisotopic (exact) mass is 136 g/mol. The minimum absolute atomic E-state index is 1.17. The van der Waals surface area contributed by atoms with Gasteiger partial charge in [-0.15, -0.1) is 0 Å². The van der Waals surface area contributed by atoms with Crippen molar-refractivity contribution in [3.63, 3.8) is 0 Å². The van der Waals surface area contributed by atoms with Gasteiger partial charge in [0, 0.05) is 0 Å². The van der Waals surface area contributed by atoms with Crippen molar-refractivity contribution in [3.05, 3.63) is 0 Å². The van der Waals surface area contributed by atoms with Crippen LogP contribution in [0.4, 0.5) is 0 Å². The normalized spacial score (nSPS) is 62.7. The quantitative estimate of drug-likeness (QED) is 0.520. The Kier molecular flexibility index (Phi) is 0.898. The summed E-state index contributed by atoms with van der Waals surface area (Å²) >= 11 is 0. The first kappa shape index (κ1) is 5.62. The van der Waals surface area contributed by atoms with Crippen molar-refractivity contribution in [2.45, 2.75) is 32.6 Å². The summed E-state index contributed by atoms with van der Waals surface area (Å²) in [5, 5.41) is 0. The Morgan fingerprint density at radius 1 is 1.20 bits per heavy atom. The molecule has 5 unspecified atom stereocenters. The lowest BCUT2D eigenvalue weighted by Crippen LogP contribution is -2.53. The fourth-order valence-corrected chi connectivity index (χ4v) is 4.13. The molecule has 0 heterocycles. The van der Waals surface area contributed by atoms with Crippen LogP contribution in [0, 0.1) is 29.6 Å². The molecule has 3 saturated carbocycles. The lowest BCUT2D eigenvalue weighted by molar-refractivity contribution is -0.111. The van der Waals surface area contributed by atoms with Gasteiger partial charge in [-0.2, -0.15) is 0 Å². The van der Waals surface area contributed by atoms with Crippen molar-refractivity contribution in [2.24, 2.45) is 29.6 Å². The van der Waals surface area contributed by atoms with Crippen LogP contribution in [0.1, 0.15) is 32.6 Å². The Bertz CT molecular complexity index is 161. The largest absolute Gasteiger partial charge is 0.0651 e. The summed E-state index contributed by atoms with van der Waals surface area (Å²) in [5.41, 5.74) is 0. The number of hydrogen-bond acceptors (Lipinski definition) is 0.